The molecule has 4 rings (SSSR count). The summed E-state index contributed by atoms with van der Waals surface area (Å²) in [7, 11) is 1.18. The number of amides is 2. The predicted molar refractivity (Wildman–Crippen MR) is 122 cm³/mol. The number of carbonyl (C=O) groups is 3. The summed E-state index contributed by atoms with van der Waals surface area (Å²) in [5.74, 6) is -2.76. The standard InChI is InChI=1S/C24H17Cl2FN2O4/c1-33-24(32)21(14-4-8-16(26)9-5-14)29-20(13-2-6-15(25)7-3-13)22(30)28-19-11-10-17(27)12-18(19)23(29)31/h2-12,20-21H,1H3,(H,28,30). The number of hydrogen-bond acceptors (Lipinski definition) is 4. The van der Waals surface area contributed by atoms with Gasteiger partial charge >= 0.3 is 5.97 Å². The number of nitrogens with one attached hydrogen (secondary N) is 1. The maximum atomic E-state index is 14.1. The molecular formula is C24H17Cl2FN2O4. The molecule has 0 fully saturated rings. The average molecular weight is 487 g/mol. The molecule has 3 aromatic rings. The minimum Gasteiger partial charge on any atom is -0.467 e. The zero-order chi connectivity index (χ0) is 23.7. The van der Waals surface area contributed by atoms with Gasteiger partial charge in [-0.05, 0) is 53.6 Å². The molecule has 1 aliphatic rings. The molecule has 1 aliphatic heterocycles. The van der Waals surface area contributed by atoms with E-state index in [-0.39, 0.29) is 11.3 Å². The summed E-state index contributed by atoms with van der Waals surface area (Å²) in [5, 5.41) is 3.52. The van der Waals surface area contributed by atoms with Crippen molar-refractivity contribution in [2.75, 3.05) is 12.4 Å². The van der Waals surface area contributed by atoms with E-state index >= 15 is 0 Å². The number of anilines is 1. The van der Waals surface area contributed by atoms with Crippen LogP contribution in [0.2, 0.25) is 10.0 Å². The lowest BCUT2D eigenvalue weighted by molar-refractivity contribution is -0.147. The lowest BCUT2D eigenvalue weighted by atomic mass is 9.97. The molecule has 6 nitrogen and oxygen atoms in total. The Morgan fingerprint density at radius 3 is 2.21 bits per heavy atom. The minimum atomic E-state index is -1.32. The number of ether oxygens (including phenoxy) is 1. The molecule has 3 aromatic carbocycles. The van der Waals surface area contributed by atoms with Crippen LogP contribution in [0.3, 0.4) is 0 Å². The SMILES string of the molecule is COC(=O)C(c1ccc(Cl)cc1)N1C(=O)c2cc(F)ccc2NC(=O)C1c1ccc(Cl)cc1. The van der Waals surface area contributed by atoms with Gasteiger partial charge in [-0.1, -0.05) is 47.5 Å². The van der Waals surface area contributed by atoms with E-state index < -0.39 is 35.7 Å². The largest absolute Gasteiger partial charge is 0.467 e. The van der Waals surface area contributed by atoms with Crippen molar-refractivity contribution >= 4 is 46.7 Å². The van der Waals surface area contributed by atoms with Gasteiger partial charge in [0, 0.05) is 10.0 Å². The number of methoxy groups -OCH3 is 1. The van der Waals surface area contributed by atoms with Crippen LogP contribution in [0.5, 0.6) is 0 Å². The number of benzene rings is 3. The number of hydrogen-bond donors (Lipinski definition) is 1. The Labute approximate surface area is 198 Å². The fourth-order valence-electron chi connectivity index (χ4n) is 3.78. The van der Waals surface area contributed by atoms with Gasteiger partial charge in [-0.25, -0.2) is 9.18 Å². The van der Waals surface area contributed by atoms with Gasteiger partial charge < -0.3 is 15.0 Å². The molecule has 1 N–H and O–H groups in total. The molecule has 2 amide bonds. The number of esters is 1. The lowest BCUT2D eigenvalue weighted by Gasteiger charge is -2.35. The predicted octanol–water partition coefficient (Wildman–Crippen LogP) is 5.18. The maximum absolute atomic E-state index is 14.1. The zero-order valence-electron chi connectivity index (χ0n) is 17.2. The molecule has 0 saturated heterocycles. The normalized spacial score (nSPS) is 16.5. The van der Waals surface area contributed by atoms with Crippen molar-refractivity contribution in [2.24, 2.45) is 0 Å². The average Bonchev–Trinajstić information content (AvgIpc) is 2.90. The number of carbonyl (C=O) groups excluding carboxylic acids is 3. The van der Waals surface area contributed by atoms with Crippen molar-refractivity contribution in [3.63, 3.8) is 0 Å². The van der Waals surface area contributed by atoms with Crippen molar-refractivity contribution < 1.29 is 23.5 Å². The highest BCUT2D eigenvalue weighted by molar-refractivity contribution is 6.30. The molecule has 33 heavy (non-hydrogen) atoms. The van der Waals surface area contributed by atoms with Crippen LogP contribution < -0.4 is 5.32 Å². The first-order valence-electron chi connectivity index (χ1n) is 9.82. The number of fused-ring (bicyclic) bond motifs is 1. The first-order valence-corrected chi connectivity index (χ1v) is 10.6. The van der Waals surface area contributed by atoms with E-state index in [9.17, 15) is 18.8 Å². The molecule has 0 saturated carbocycles. The summed E-state index contributed by atoms with van der Waals surface area (Å²) in [6, 6.07) is 13.4. The van der Waals surface area contributed by atoms with E-state index in [4.69, 9.17) is 27.9 Å². The Morgan fingerprint density at radius 1 is 1.00 bits per heavy atom. The van der Waals surface area contributed by atoms with Crippen molar-refractivity contribution in [1.29, 1.82) is 0 Å². The quantitative estimate of drug-likeness (QED) is 0.515. The van der Waals surface area contributed by atoms with Crippen LogP contribution in [-0.4, -0.2) is 29.8 Å². The van der Waals surface area contributed by atoms with Gasteiger partial charge in [0.05, 0.1) is 18.4 Å². The van der Waals surface area contributed by atoms with E-state index in [1.165, 1.54) is 13.2 Å². The van der Waals surface area contributed by atoms with Crippen LogP contribution in [0.25, 0.3) is 0 Å². The number of rotatable bonds is 4. The van der Waals surface area contributed by atoms with Crippen molar-refractivity contribution in [2.45, 2.75) is 12.1 Å². The van der Waals surface area contributed by atoms with Crippen LogP contribution in [-0.2, 0) is 14.3 Å². The minimum absolute atomic E-state index is 0.0947. The second-order valence-corrected chi connectivity index (χ2v) is 8.20. The molecule has 0 spiro atoms. The Hall–Kier alpha value is -3.42. The summed E-state index contributed by atoms with van der Waals surface area (Å²) in [6.45, 7) is 0. The van der Waals surface area contributed by atoms with Crippen LogP contribution in [0.1, 0.15) is 33.6 Å². The van der Waals surface area contributed by atoms with Crippen LogP contribution in [0.15, 0.2) is 66.7 Å². The Balaban J connectivity index is 1.97. The van der Waals surface area contributed by atoms with Crippen LogP contribution in [0, 0.1) is 5.82 Å². The highest BCUT2D eigenvalue weighted by atomic mass is 35.5. The van der Waals surface area contributed by atoms with E-state index in [1.54, 1.807) is 48.5 Å². The number of nitrogens with zero attached hydrogens (tertiary/aromatic N) is 1. The van der Waals surface area contributed by atoms with Gasteiger partial charge in [-0.2, -0.15) is 0 Å². The first-order chi connectivity index (χ1) is 15.8. The summed E-state index contributed by atoms with van der Waals surface area (Å²) in [5.41, 5.74) is 0.808. The molecule has 168 valence electrons. The molecule has 2 unspecified atom stereocenters. The summed E-state index contributed by atoms with van der Waals surface area (Å²) in [4.78, 5) is 41.3. The fourth-order valence-corrected chi connectivity index (χ4v) is 4.03. The highest BCUT2D eigenvalue weighted by Gasteiger charge is 2.44. The smallest absolute Gasteiger partial charge is 0.333 e. The molecule has 2 atom stereocenters. The highest BCUT2D eigenvalue weighted by Crippen LogP contribution is 2.38. The van der Waals surface area contributed by atoms with E-state index in [0.717, 1.165) is 17.0 Å². The first kappa shape index (κ1) is 22.8. The second-order valence-electron chi connectivity index (χ2n) is 7.32. The lowest BCUT2D eigenvalue weighted by Crippen LogP contribution is -2.44. The van der Waals surface area contributed by atoms with Gasteiger partial charge in [0.25, 0.3) is 11.8 Å². The Bertz CT molecular complexity index is 1180. The third kappa shape index (κ3) is 4.42. The van der Waals surface area contributed by atoms with Crippen molar-refractivity contribution in [3.8, 4) is 0 Å². The van der Waals surface area contributed by atoms with Gasteiger partial charge in [-0.3, -0.25) is 9.59 Å². The maximum Gasteiger partial charge on any atom is 0.333 e. The number of halogens is 3. The third-order valence-corrected chi connectivity index (χ3v) is 5.81. The van der Waals surface area contributed by atoms with Gasteiger partial charge in [0.15, 0.2) is 6.04 Å². The summed E-state index contributed by atoms with van der Waals surface area (Å²) < 4.78 is 19.1. The van der Waals surface area contributed by atoms with Gasteiger partial charge in [0.1, 0.15) is 11.9 Å². The molecule has 1 heterocycles. The van der Waals surface area contributed by atoms with Crippen LogP contribution in [0.4, 0.5) is 10.1 Å². The van der Waals surface area contributed by atoms with Crippen molar-refractivity contribution in [3.05, 3.63) is 99.3 Å². The molecule has 0 radical (unpaired) electrons. The monoisotopic (exact) mass is 486 g/mol. The third-order valence-electron chi connectivity index (χ3n) is 5.31. The molecule has 0 bridgehead atoms. The Kier molecular flexibility index (Phi) is 6.35. The van der Waals surface area contributed by atoms with E-state index in [1.807, 2.05) is 0 Å². The summed E-state index contributed by atoms with van der Waals surface area (Å²) >= 11 is 12.0. The van der Waals surface area contributed by atoms with E-state index in [0.29, 0.717) is 21.2 Å². The Morgan fingerprint density at radius 2 is 1.61 bits per heavy atom. The van der Waals surface area contributed by atoms with Gasteiger partial charge in [-0.15, -0.1) is 0 Å². The van der Waals surface area contributed by atoms with Crippen LogP contribution >= 0.6 is 23.2 Å². The molecule has 0 aliphatic carbocycles. The van der Waals surface area contributed by atoms with Gasteiger partial charge in [0.2, 0.25) is 0 Å². The van der Waals surface area contributed by atoms with Crippen molar-refractivity contribution in [1.82, 2.24) is 4.90 Å². The topological polar surface area (TPSA) is 75.7 Å². The molecule has 9 heteroatoms. The molecular weight excluding hydrogens is 470 g/mol. The van der Waals surface area contributed by atoms with E-state index in [2.05, 4.69) is 5.32 Å². The summed E-state index contributed by atoms with van der Waals surface area (Å²) in [6.07, 6.45) is 0. The zero-order valence-corrected chi connectivity index (χ0v) is 18.7. The molecule has 0 aromatic heterocycles. The fraction of sp³-hybridized carbons (Fsp3) is 0.125. The second kappa shape index (κ2) is 9.21.